The molecule has 0 aromatic heterocycles. The van der Waals surface area contributed by atoms with Gasteiger partial charge in [0.2, 0.25) is 5.91 Å². The van der Waals surface area contributed by atoms with Gasteiger partial charge in [-0.3, -0.25) is 14.6 Å². The number of piperazine rings is 1. The molecule has 5 fully saturated rings. The summed E-state index contributed by atoms with van der Waals surface area (Å²) in [6.07, 6.45) is 7.52. The van der Waals surface area contributed by atoms with E-state index in [4.69, 9.17) is 0 Å². The molecule has 0 unspecified atom stereocenters. The van der Waals surface area contributed by atoms with Gasteiger partial charge in [-0.1, -0.05) is 17.7 Å². The van der Waals surface area contributed by atoms with Gasteiger partial charge < -0.3 is 5.32 Å². The lowest BCUT2D eigenvalue weighted by Gasteiger charge is -2.58. The molecule has 1 aromatic carbocycles. The van der Waals surface area contributed by atoms with Crippen LogP contribution < -0.4 is 5.32 Å². The lowest BCUT2D eigenvalue weighted by Crippen LogP contribution is -2.60. The van der Waals surface area contributed by atoms with Gasteiger partial charge in [0.1, 0.15) is 0 Å². The molecule has 1 heterocycles. The van der Waals surface area contributed by atoms with Crippen molar-refractivity contribution in [3.05, 3.63) is 29.8 Å². The third-order valence-corrected chi connectivity index (χ3v) is 7.71. The smallest absolute Gasteiger partial charge is 0.238 e. The lowest BCUT2D eigenvalue weighted by atomic mass is 9.54. The zero-order valence-corrected chi connectivity index (χ0v) is 16.6. The molecule has 4 aliphatic carbocycles. The van der Waals surface area contributed by atoms with Gasteiger partial charge in [-0.25, -0.2) is 0 Å². The number of hydrogen-bond acceptors (Lipinski definition) is 3. The molecule has 6 rings (SSSR count). The minimum atomic E-state index is 0.113. The molecule has 1 aliphatic heterocycles. The average Bonchev–Trinajstić information content (AvgIpc) is 2.64. The number of aryl methyl sites for hydroxylation is 1. The van der Waals surface area contributed by atoms with E-state index in [0.29, 0.717) is 6.54 Å². The highest BCUT2D eigenvalue weighted by Gasteiger charge is 2.50. The van der Waals surface area contributed by atoms with Crippen LogP contribution in [0.3, 0.4) is 0 Å². The Hall–Kier alpha value is -1.39. The van der Waals surface area contributed by atoms with Gasteiger partial charge >= 0.3 is 0 Å². The van der Waals surface area contributed by atoms with Crippen molar-refractivity contribution in [2.24, 2.45) is 23.7 Å². The van der Waals surface area contributed by atoms with Gasteiger partial charge in [0.15, 0.2) is 0 Å². The van der Waals surface area contributed by atoms with Crippen molar-refractivity contribution in [1.82, 2.24) is 9.80 Å². The molecule has 1 amide bonds. The molecule has 4 bridgehead atoms. The number of anilines is 1. The third-order valence-electron chi connectivity index (χ3n) is 7.71. The van der Waals surface area contributed by atoms with Crippen LogP contribution in [-0.4, -0.2) is 54.5 Å². The summed E-state index contributed by atoms with van der Waals surface area (Å²) in [4.78, 5) is 17.5. The van der Waals surface area contributed by atoms with Crippen molar-refractivity contribution in [3.63, 3.8) is 0 Å². The Kier molecular flexibility index (Phi) is 4.73. The van der Waals surface area contributed by atoms with E-state index >= 15 is 0 Å². The SMILES string of the molecule is Cc1ccc(NC(=O)CN2CCN(C3C4CC5CC(C4)CC3C5)CC2)cc1. The van der Waals surface area contributed by atoms with E-state index in [1.807, 2.05) is 24.3 Å². The first kappa shape index (κ1) is 17.7. The van der Waals surface area contributed by atoms with Crippen molar-refractivity contribution >= 4 is 11.6 Å². The highest BCUT2D eigenvalue weighted by molar-refractivity contribution is 5.92. The normalized spacial score (nSPS) is 36.1. The number of carbonyl (C=O) groups excluding carboxylic acids is 1. The molecule has 0 atom stereocenters. The van der Waals surface area contributed by atoms with E-state index in [2.05, 4.69) is 22.0 Å². The highest BCUT2D eigenvalue weighted by Crippen LogP contribution is 2.55. The van der Waals surface area contributed by atoms with Gasteiger partial charge in [0.05, 0.1) is 6.54 Å². The summed E-state index contributed by atoms with van der Waals surface area (Å²) < 4.78 is 0. The summed E-state index contributed by atoms with van der Waals surface area (Å²) in [5, 5.41) is 3.04. The quantitative estimate of drug-likeness (QED) is 0.886. The second kappa shape index (κ2) is 7.21. The molecule has 1 aromatic rings. The van der Waals surface area contributed by atoms with Crippen LogP contribution in [0.4, 0.5) is 5.69 Å². The number of nitrogens with one attached hydrogen (secondary N) is 1. The van der Waals surface area contributed by atoms with Crippen LogP contribution in [-0.2, 0) is 4.79 Å². The van der Waals surface area contributed by atoms with Crippen LogP contribution in [0.2, 0.25) is 0 Å². The van der Waals surface area contributed by atoms with Crippen molar-refractivity contribution in [1.29, 1.82) is 0 Å². The van der Waals surface area contributed by atoms with Gasteiger partial charge in [0.25, 0.3) is 0 Å². The Morgan fingerprint density at radius 3 is 2.11 bits per heavy atom. The highest BCUT2D eigenvalue weighted by atomic mass is 16.2. The summed E-state index contributed by atoms with van der Waals surface area (Å²) in [5.41, 5.74) is 2.12. The van der Waals surface area contributed by atoms with Crippen LogP contribution in [0.15, 0.2) is 24.3 Å². The first-order chi connectivity index (χ1) is 13.1. The number of amides is 1. The first-order valence-electron chi connectivity index (χ1n) is 11.0. The van der Waals surface area contributed by atoms with Crippen molar-refractivity contribution in [2.45, 2.75) is 45.1 Å². The maximum absolute atomic E-state index is 12.4. The predicted octanol–water partition coefficient (Wildman–Crippen LogP) is 3.38. The van der Waals surface area contributed by atoms with Gasteiger partial charge in [0, 0.05) is 37.9 Å². The molecule has 146 valence electrons. The number of carbonyl (C=O) groups is 1. The fourth-order valence-corrected chi connectivity index (χ4v) is 6.75. The Balaban J connectivity index is 1.12. The fourth-order valence-electron chi connectivity index (χ4n) is 6.75. The zero-order chi connectivity index (χ0) is 18.4. The standard InChI is InChI=1S/C23H33N3O/c1-16-2-4-21(5-3-16)24-22(27)15-25-6-8-26(9-7-25)23-19-11-17-10-18(13-19)14-20(23)12-17/h2-5,17-20,23H,6-15H2,1H3,(H,24,27). The molecule has 4 nitrogen and oxygen atoms in total. The molecule has 1 N–H and O–H groups in total. The Morgan fingerprint density at radius 1 is 0.926 bits per heavy atom. The number of nitrogens with zero attached hydrogens (tertiary/aromatic N) is 2. The first-order valence-corrected chi connectivity index (χ1v) is 11.0. The second-order valence-corrected chi connectivity index (χ2v) is 9.65. The van der Waals surface area contributed by atoms with Gasteiger partial charge in [-0.2, -0.15) is 0 Å². The summed E-state index contributed by atoms with van der Waals surface area (Å²) >= 11 is 0. The third kappa shape index (κ3) is 3.66. The summed E-state index contributed by atoms with van der Waals surface area (Å²) in [5.74, 6) is 4.16. The van der Waals surface area contributed by atoms with Crippen LogP contribution in [0.1, 0.15) is 37.7 Å². The average molecular weight is 368 g/mol. The van der Waals surface area contributed by atoms with E-state index in [0.717, 1.165) is 61.6 Å². The minimum absolute atomic E-state index is 0.113. The Bertz CT molecular complexity index is 649. The second-order valence-electron chi connectivity index (χ2n) is 9.65. The number of hydrogen-bond donors (Lipinski definition) is 1. The van der Waals surface area contributed by atoms with Crippen LogP contribution in [0, 0.1) is 30.6 Å². The van der Waals surface area contributed by atoms with Crippen LogP contribution >= 0.6 is 0 Å². The lowest BCUT2D eigenvalue weighted by molar-refractivity contribution is -0.118. The van der Waals surface area contributed by atoms with Crippen molar-refractivity contribution in [2.75, 3.05) is 38.0 Å². The Labute approximate surface area is 163 Å². The number of benzene rings is 1. The number of rotatable bonds is 4. The minimum Gasteiger partial charge on any atom is -0.325 e. The van der Waals surface area contributed by atoms with Crippen LogP contribution in [0.5, 0.6) is 0 Å². The van der Waals surface area contributed by atoms with E-state index in [1.165, 1.54) is 37.7 Å². The summed E-state index contributed by atoms with van der Waals surface area (Å²) in [6.45, 7) is 6.93. The molecular weight excluding hydrogens is 334 g/mol. The molecule has 4 heteroatoms. The predicted molar refractivity (Wildman–Crippen MR) is 109 cm³/mol. The monoisotopic (exact) mass is 367 g/mol. The van der Waals surface area contributed by atoms with Gasteiger partial charge in [-0.05, 0) is 74.8 Å². The molecule has 0 radical (unpaired) electrons. The van der Waals surface area contributed by atoms with E-state index in [9.17, 15) is 4.79 Å². The Morgan fingerprint density at radius 2 is 1.52 bits per heavy atom. The van der Waals surface area contributed by atoms with Gasteiger partial charge in [-0.15, -0.1) is 0 Å². The largest absolute Gasteiger partial charge is 0.325 e. The molecule has 5 aliphatic rings. The van der Waals surface area contributed by atoms with Crippen LogP contribution in [0.25, 0.3) is 0 Å². The molecule has 1 saturated heterocycles. The zero-order valence-electron chi connectivity index (χ0n) is 16.6. The fraction of sp³-hybridized carbons (Fsp3) is 0.696. The summed E-state index contributed by atoms with van der Waals surface area (Å²) in [6, 6.07) is 8.90. The molecular formula is C23H33N3O. The maximum atomic E-state index is 12.4. The summed E-state index contributed by atoms with van der Waals surface area (Å²) in [7, 11) is 0. The maximum Gasteiger partial charge on any atom is 0.238 e. The van der Waals surface area contributed by atoms with E-state index < -0.39 is 0 Å². The van der Waals surface area contributed by atoms with Crippen molar-refractivity contribution < 1.29 is 4.79 Å². The van der Waals surface area contributed by atoms with E-state index in [1.54, 1.807) is 0 Å². The molecule has 0 spiro atoms. The topological polar surface area (TPSA) is 35.6 Å². The molecule has 4 saturated carbocycles. The van der Waals surface area contributed by atoms with Crippen molar-refractivity contribution in [3.8, 4) is 0 Å². The van der Waals surface area contributed by atoms with E-state index in [-0.39, 0.29) is 5.91 Å². The molecule has 27 heavy (non-hydrogen) atoms.